The van der Waals surface area contributed by atoms with E-state index in [0.29, 0.717) is 25.8 Å². The highest BCUT2D eigenvalue weighted by atomic mass is 32.2. The Labute approximate surface area is 111 Å². The van der Waals surface area contributed by atoms with E-state index >= 15 is 0 Å². The van der Waals surface area contributed by atoms with Crippen molar-refractivity contribution in [3.05, 3.63) is 0 Å². The van der Waals surface area contributed by atoms with Gasteiger partial charge >= 0.3 is 6.18 Å². The number of halogens is 3. The lowest BCUT2D eigenvalue weighted by molar-refractivity contribution is -0.134. The molecule has 4 nitrogen and oxygen atoms in total. The van der Waals surface area contributed by atoms with Crippen LogP contribution in [-0.4, -0.2) is 48.4 Å². The second kappa shape index (κ2) is 6.41. The van der Waals surface area contributed by atoms with Gasteiger partial charge in [0.05, 0.1) is 11.9 Å². The van der Waals surface area contributed by atoms with Gasteiger partial charge in [0.1, 0.15) is 0 Å². The maximum atomic E-state index is 12.0. The van der Waals surface area contributed by atoms with E-state index in [1.165, 1.54) is 4.31 Å². The molecule has 0 saturated carbocycles. The highest BCUT2D eigenvalue weighted by molar-refractivity contribution is 7.89. The van der Waals surface area contributed by atoms with Gasteiger partial charge in [0, 0.05) is 19.0 Å². The van der Waals surface area contributed by atoms with Crippen molar-refractivity contribution in [3.63, 3.8) is 0 Å². The monoisotopic (exact) mass is 303 g/mol. The smallest absolute Gasteiger partial charge is 0.389 e. The second-order valence-corrected chi connectivity index (χ2v) is 7.07. The van der Waals surface area contributed by atoms with Gasteiger partial charge in [0.15, 0.2) is 0 Å². The van der Waals surface area contributed by atoms with E-state index in [-0.39, 0.29) is 6.04 Å². The van der Waals surface area contributed by atoms with Crippen LogP contribution in [0.1, 0.15) is 39.0 Å². The standard InChI is InChI=1S/C11H20F3NO3S/c1-9(16)8-10-4-2-6-15(10)19(17,18)7-3-5-11(12,13)14/h9-10,16H,2-8H2,1H3. The Morgan fingerprint density at radius 3 is 2.58 bits per heavy atom. The molecule has 0 aromatic rings. The molecule has 2 atom stereocenters. The summed E-state index contributed by atoms with van der Waals surface area (Å²) < 4.78 is 61.3. The van der Waals surface area contributed by atoms with Crippen LogP contribution < -0.4 is 0 Å². The molecular weight excluding hydrogens is 283 g/mol. The molecule has 0 spiro atoms. The van der Waals surface area contributed by atoms with Gasteiger partial charge in [-0.05, 0) is 32.6 Å². The lowest BCUT2D eigenvalue weighted by atomic mass is 10.1. The summed E-state index contributed by atoms with van der Waals surface area (Å²) in [4.78, 5) is 0. The molecule has 114 valence electrons. The molecule has 1 aliphatic heterocycles. The third-order valence-electron chi connectivity index (χ3n) is 3.16. The first-order valence-electron chi connectivity index (χ1n) is 6.36. The molecule has 0 aromatic carbocycles. The van der Waals surface area contributed by atoms with Crippen molar-refractivity contribution >= 4 is 10.0 Å². The van der Waals surface area contributed by atoms with Crippen molar-refractivity contribution in [2.24, 2.45) is 0 Å². The van der Waals surface area contributed by atoms with Crippen LogP contribution in [0.5, 0.6) is 0 Å². The van der Waals surface area contributed by atoms with Gasteiger partial charge in [-0.15, -0.1) is 0 Å². The highest BCUT2D eigenvalue weighted by Crippen LogP contribution is 2.27. The third-order valence-corrected chi connectivity index (χ3v) is 5.16. The molecule has 0 radical (unpaired) electrons. The molecule has 8 heteroatoms. The molecule has 1 saturated heterocycles. The van der Waals surface area contributed by atoms with Crippen molar-refractivity contribution in [1.29, 1.82) is 0 Å². The molecule has 1 rings (SSSR count). The van der Waals surface area contributed by atoms with E-state index in [1.807, 2.05) is 0 Å². The second-order valence-electron chi connectivity index (χ2n) is 5.03. The number of hydrogen-bond acceptors (Lipinski definition) is 3. The minimum absolute atomic E-state index is 0.282. The zero-order valence-electron chi connectivity index (χ0n) is 10.9. The maximum absolute atomic E-state index is 12.0. The van der Waals surface area contributed by atoms with Crippen LogP contribution in [0.25, 0.3) is 0 Å². The fourth-order valence-corrected chi connectivity index (χ4v) is 4.17. The van der Waals surface area contributed by atoms with Crippen molar-refractivity contribution in [3.8, 4) is 0 Å². The fraction of sp³-hybridized carbons (Fsp3) is 1.00. The average Bonchev–Trinajstić information content (AvgIpc) is 2.62. The molecule has 0 aromatic heterocycles. The number of sulfonamides is 1. The normalized spacial score (nSPS) is 23.7. The SMILES string of the molecule is CC(O)CC1CCCN1S(=O)(=O)CCCC(F)(F)F. The average molecular weight is 303 g/mol. The molecule has 1 heterocycles. The first-order valence-corrected chi connectivity index (χ1v) is 7.97. The lowest BCUT2D eigenvalue weighted by Gasteiger charge is -2.25. The maximum Gasteiger partial charge on any atom is 0.389 e. The Hall–Kier alpha value is -0.340. The third kappa shape index (κ3) is 5.66. The van der Waals surface area contributed by atoms with Gasteiger partial charge < -0.3 is 5.11 Å². The van der Waals surface area contributed by atoms with Crippen molar-refractivity contribution in [2.75, 3.05) is 12.3 Å². The van der Waals surface area contributed by atoms with Crippen LogP contribution in [0.2, 0.25) is 0 Å². The van der Waals surface area contributed by atoms with Crippen LogP contribution >= 0.6 is 0 Å². The fourth-order valence-electron chi connectivity index (χ4n) is 2.38. The summed E-state index contributed by atoms with van der Waals surface area (Å²) in [5.41, 5.74) is 0. The molecule has 2 unspecified atom stereocenters. The molecule has 0 aliphatic carbocycles. The number of nitrogens with zero attached hydrogens (tertiary/aromatic N) is 1. The Balaban J connectivity index is 2.56. The number of hydrogen-bond donors (Lipinski definition) is 1. The van der Waals surface area contributed by atoms with E-state index in [9.17, 15) is 26.7 Å². The zero-order valence-corrected chi connectivity index (χ0v) is 11.7. The largest absolute Gasteiger partial charge is 0.393 e. The van der Waals surface area contributed by atoms with E-state index in [0.717, 1.165) is 0 Å². The summed E-state index contributed by atoms with van der Waals surface area (Å²) in [6.45, 7) is 1.92. The quantitative estimate of drug-likeness (QED) is 0.815. The number of aliphatic hydroxyl groups excluding tert-OH is 1. The first kappa shape index (κ1) is 16.7. The minimum atomic E-state index is -4.32. The van der Waals surface area contributed by atoms with Crippen molar-refractivity contribution in [1.82, 2.24) is 4.31 Å². The molecule has 1 fully saturated rings. The first-order chi connectivity index (χ1) is 8.62. The van der Waals surface area contributed by atoms with E-state index in [4.69, 9.17) is 0 Å². The number of alkyl halides is 3. The van der Waals surface area contributed by atoms with E-state index < -0.39 is 40.9 Å². The molecule has 1 aliphatic rings. The van der Waals surface area contributed by atoms with Gasteiger partial charge in [-0.3, -0.25) is 0 Å². The summed E-state index contributed by atoms with van der Waals surface area (Å²) in [5.74, 6) is -0.483. The molecule has 19 heavy (non-hydrogen) atoms. The predicted molar refractivity (Wildman–Crippen MR) is 65.1 cm³/mol. The number of rotatable bonds is 6. The Morgan fingerprint density at radius 1 is 1.42 bits per heavy atom. The lowest BCUT2D eigenvalue weighted by Crippen LogP contribution is -2.38. The Kier molecular flexibility index (Phi) is 5.64. The Morgan fingerprint density at radius 2 is 2.05 bits per heavy atom. The molecule has 1 N–H and O–H groups in total. The zero-order chi connectivity index (χ0) is 14.7. The van der Waals surface area contributed by atoms with Gasteiger partial charge in [0.2, 0.25) is 10.0 Å². The van der Waals surface area contributed by atoms with Gasteiger partial charge in [-0.25, -0.2) is 8.42 Å². The Bertz CT molecular complexity index is 381. The summed E-state index contributed by atoms with van der Waals surface area (Å²) in [6.07, 6.45) is -4.75. The van der Waals surface area contributed by atoms with E-state index in [2.05, 4.69) is 0 Å². The predicted octanol–water partition coefficient (Wildman–Crippen LogP) is 1.89. The van der Waals surface area contributed by atoms with Crippen molar-refractivity contribution in [2.45, 2.75) is 57.3 Å². The van der Waals surface area contributed by atoms with Crippen LogP contribution in [-0.2, 0) is 10.0 Å². The van der Waals surface area contributed by atoms with Gasteiger partial charge in [-0.1, -0.05) is 0 Å². The van der Waals surface area contributed by atoms with Gasteiger partial charge in [0.25, 0.3) is 0 Å². The van der Waals surface area contributed by atoms with Crippen LogP contribution in [0.15, 0.2) is 0 Å². The molecular formula is C11H20F3NO3S. The summed E-state index contributed by atoms with van der Waals surface area (Å²) in [5, 5.41) is 9.31. The molecule has 0 amide bonds. The topological polar surface area (TPSA) is 57.6 Å². The van der Waals surface area contributed by atoms with Crippen LogP contribution in [0.4, 0.5) is 13.2 Å². The van der Waals surface area contributed by atoms with Crippen LogP contribution in [0.3, 0.4) is 0 Å². The summed E-state index contributed by atoms with van der Waals surface area (Å²) >= 11 is 0. The van der Waals surface area contributed by atoms with Crippen molar-refractivity contribution < 1.29 is 26.7 Å². The number of aliphatic hydroxyl groups is 1. The van der Waals surface area contributed by atoms with Crippen LogP contribution in [0, 0.1) is 0 Å². The van der Waals surface area contributed by atoms with E-state index in [1.54, 1.807) is 6.92 Å². The summed E-state index contributed by atoms with van der Waals surface area (Å²) in [6, 6.07) is -0.282. The summed E-state index contributed by atoms with van der Waals surface area (Å²) in [7, 11) is -3.66. The molecule has 0 bridgehead atoms. The van der Waals surface area contributed by atoms with Gasteiger partial charge in [-0.2, -0.15) is 17.5 Å². The minimum Gasteiger partial charge on any atom is -0.393 e. The highest BCUT2D eigenvalue weighted by Gasteiger charge is 2.35.